The number of sulfone groups is 2. The summed E-state index contributed by atoms with van der Waals surface area (Å²) in [4.78, 5) is 0. The van der Waals surface area contributed by atoms with Gasteiger partial charge in [-0.3, -0.25) is 0 Å². The fourth-order valence-electron chi connectivity index (χ4n) is 4.01. The van der Waals surface area contributed by atoms with Gasteiger partial charge in [-0.15, -0.1) is 0 Å². The molecule has 0 aromatic carbocycles. The third kappa shape index (κ3) is 4.09. The molecule has 0 saturated carbocycles. The summed E-state index contributed by atoms with van der Waals surface area (Å²) in [5.74, 6) is 0. The summed E-state index contributed by atoms with van der Waals surface area (Å²) in [6, 6.07) is 0. The molecule has 0 aliphatic carbocycles. The summed E-state index contributed by atoms with van der Waals surface area (Å²) in [5, 5.41) is -13.8. The minimum absolute atomic E-state index is 0.148. The first kappa shape index (κ1) is 29.2. The van der Waals surface area contributed by atoms with Gasteiger partial charge in [-0.2, -0.15) is 43.9 Å². The van der Waals surface area contributed by atoms with Crippen molar-refractivity contribution in [2.75, 3.05) is 26.2 Å². The number of nitrogens with zero attached hydrogens (tertiary/aromatic N) is 1. The highest BCUT2D eigenvalue weighted by Crippen LogP contribution is 2.55. The van der Waals surface area contributed by atoms with Crippen LogP contribution >= 0.6 is 0 Å². The van der Waals surface area contributed by atoms with Crippen LogP contribution in [-0.2, 0) is 19.7 Å². The Hall–Kier alpha value is -0.840. The first-order valence-electron chi connectivity index (χ1n) is 9.26. The molecule has 0 radical (unpaired) electrons. The molecule has 1 heterocycles. The van der Waals surface area contributed by atoms with E-state index in [0.717, 1.165) is 0 Å². The van der Waals surface area contributed by atoms with Crippen LogP contribution in [-0.4, -0.2) is 74.4 Å². The Labute approximate surface area is 178 Å². The van der Waals surface area contributed by atoms with Crippen LogP contribution in [0.15, 0.2) is 0 Å². The first-order valence-corrected chi connectivity index (χ1v) is 12.2. The summed E-state index contributed by atoms with van der Waals surface area (Å²) in [5.41, 5.74) is 0. The lowest BCUT2D eigenvalue weighted by Gasteiger charge is -2.48. The lowest BCUT2D eigenvalue weighted by molar-refractivity contribution is -0.932. The maximum Gasteiger partial charge on any atom is 0.469 e. The number of rotatable bonds is 8. The van der Waals surface area contributed by atoms with E-state index < -0.39 is 72.5 Å². The van der Waals surface area contributed by atoms with Crippen LogP contribution in [0, 0.1) is 0 Å². The second-order valence-corrected chi connectivity index (χ2v) is 12.5. The Morgan fingerprint density at radius 2 is 0.938 bits per heavy atom. The molecular weight excluding hydrogens is 512 g/mol. The Kier molecular flexibility index (Phi) is 7.69. The van der Waals surface area contributed by atoms with Crippen LogP contribution in [0.1, 0.15) is 39.5 Å². The lowest BCUT2D eigenvalue weighted by Crippen LogP contribution is -2.69. The molecule has 0 atom stereocenters. The van der Waals surface area contributed by atoms with E-state index in [4.69, 9.17) is 0 Å². The molecule has 0 aromatic rings. The largest absolute Gasteiger partial charge is 0.469 e. The smallest absolute Gasteiger partial charge is 0.323 e. The highest BCUT2D eigenvalue weighted by molar-refractivity contribution is 8.11. The number of halogens is 10. The van der Waals surface area contributed by atoms with Gasteiger partial charge in [0.25, 0.3) is 0 Å². The van der Waals surface area contributed by atoms with Crippen LogP contribution in [0.3, 0.4) is 0 Å². The molecule has 1 aliphatic rings. The number of hydrogen-bond donors (Lipinski definition) is 0. The molecule has 0 unspecified atom stereocenters. The van der Waals surface area contributed by atoms with E-state index in [1.165, 1.54) is 0 Å². The number of piperidine rings is 1. The van der Waals surface area contributed by atoms with Crippen LogP contribution in [0.2, 0.25) is 0 Å². The van der Waals surface area contributed by atoms with E-state index in [0.29, 0.717) is 12.8 Å². The fraction of sp³-hybridized carbons (Fsp3) is 1.00. The van der Waals surface area contributed by atoms with Gasteiger partial charge in [-0.1, -0.05) is 13.8 Å². The van der Waals surface area contributed by atoms with Gasteiger partial charge in [0.15, 0.2) is 4.08 Å². The van der Waals surface area contributed by atoms with Crippen molar-refractivity contribution in [2.24, 2.45) is 0 Å². The number of alkyl halides is 10. The predicted molar refractivity (Wildman–Crippen MR) is 92.1 cm³/mol. The molecule has 5 nitrogen and oxygen atoms in total. The van der Waals surface area contributed by atoms with Gasteiger partial charge in [-0.05, 0) is 12.8 Å². The minimum atomic E-state index is -7.50. The zero-order valence-corrected chi connectivity index (χ0v) is 18.5. The summed E-state index contributed by atoms with van der Waals surface area (Å²) >= 11 is 0. The molecule has 0 spiro atoms. The highest BCUT2D eigenvalue weighted by Gasteiger charge is 2.82. The molecular formula is C15H22F10NO4S2+. The molecule has 1 rings (SSSR count). The average molecular weight is 534 g/mol. The van der Waals surface area contributed by atoms with E-state index in [2.05, 4.69) is 0 Å². The van der Waals surface area contributed by atoms with Crippen molar-refractivity contribution in [3.63, 3.8) is 0 Å². The maximum absolute atomic E-state index is 13.9. The Balaban J connectivity index is 3.89. The molecule has 0 amide bonds. The number of likely N-dealkylation sites (tertiary alicyclic amines) is 1. The Morgan fingerprint density at radius 1 is 0.656 bits per heavy atom. The van der Waals surface area contributed by atoms with Crippen molar-refractivity contribution >= 4 is 19.7 Å². The lowest BCUT2D eigenvalue weighted by atomic mass is 10.1. The SMILES string of the molecule is CCC[N+]1(CCC)CCC(S(=O)(=O)C(F)(F)C(F)(F)F)(S(=O)(=O)C(F)(F)C(F)(F)F)CC1. The Bertz CT molecular complexity index is 820. The zero-order valence-electron chi connectivity index (χ0n) is 16.8. The van der Waals surface area contributed by atoms with Crippen LogP contribution in [0.4, 0.5) is 43.9 Å². The molecule has 17 heteroatoms. The molecule has 0 aromatic heterocycles. The van der Waals surface area contributed by atoms with Gasteiger partial charge in [-0.25, -0.2) is 16.8 Å². The van der Waals surface area contributed by atoms with E-state index >= 15 is 0 Å². The minimum Gasteiger partial charge on any atom is -0.323 e. The maximum atomic E-state index is 13.9. The molecule has 0 N–H and O–H groups in total. The average Bonchev–Trinajstić information content (AvgIpc) is 2.60. The van der Waals surface area contributed by atoms with Gasteiger partial charge in [0.05, 0.1) is 26.2 Å². The molecule has 0 bridgehead atoms. The van der Waals surface area contributed by atoms with Gasteiger partial charge < -0.3 is 4.48 Å². The summed E-state index contributed by atoms with van der Waals surface area (Å²) in [7, 11) is -15.0. The number of quaternary nitrogens is 1. The van der Waals surface area contributed by atoms with Crippen molar-refractivity contribution in [3.8, 4) is 0 Å². The van der Waals surface area contributed by atoms with E-state index in [1.807, 2.05) is 0 Å². The zero-order chi connectivity index (χ0) is 25.7. The normalized spacial score (nSPS) is 20.9. The molecule has 192 valence electrons. The molecule has 1 saturated heterocycles. The molecule has 32 heavy (non-hydrogen) atoms. The van der Waals surface area contributed by atoms with Gasteiger partial charge >= 0.3 is 22.9 Å². The molecule has 1 aliphatic heterocycles. The second-order valence-electron chi connectivity index (χ2n) is 7.68. The topological polar surface area (TPSA) is 68.3 Å². The third-order valence-electron chi connectivity index (χ3n) is 5.64. The first-order chi connectivity index (χ1) is 14.0. The predicted octanol–water partition coefficient (Wildman–Crippen LogP) is 4.25. The quantitative estimate of drug-likeness (QED) is 0.345. The molecule has 1 fully saturated rings. The van der Waals surface area contributed by atoms with Crippen molar-refractivity contribution in [2.45, 2.75) is 66.5 Å². The van der Waals surface area contributed by atoms with Crippen LogP contribution < -0.4 is 0 Å². The summed E-state index contributed by atoms with van der Waals surface area (Å²) in [6.07, 6.45) is -16.8. The number of hydrogen-bond acceptors (Lipinski definition) is 4. The van der Waals surface area contributed by atoms with E-state index in [-0.39, 0.29) is 17.6 Å². The van der Waals surface area contributed by atoms with Crippen molar-refractivity contribution in [3.05, 3.63) is 0 Å². The summed E-state index contributed by atoms with van der Waals surface area (Å²) in [6.45, 7) is 1.91. The van der Waals surface area contributed by atoms with Gasteiger partial charge in [0, 0.05) is 12.8 Å². The van der Waals surface area contributed by atoms with Gasteiger partial charge in [0.2, 0.25) is 19.7 Å². The standard InChI is InChI=1S/C15H22F10NO4S2/c1-3-7-26(8-4-2)9-5-11(6-10-26,31(27,28)14(22,23)12(16,17)18)32(29,30)15(24,25)13(19,20)21/h3-10H2,1-2H3/q+1. The monoisotopic (exact) mass is 534 g/mol. The van der Waals surface area contributed by atoms with Crippen molar-refractivity contribution in [1.82, 2.24) is 0 Å². The van der Waals surface area contributed by atoms with Crippen molar-refractivity contribution < 1.29 is 65.2 Å². The second kappa shape index (κ2) is 8.43. The fourth-order valence-corrected chi connectivity index (χ4v) is 8.78. The summed E-state index contributed by atoms with van der Waals surface area (Å²) < 4.78 is 177. The Morgan fingerprint density at radius 3 is 1.16 bits per heavy atom. The highest BCUT2D eigenvalue weighted by atomic mass is 32.3. The van der Waals surface area contributed by atoms with Gasteiger partial charge in [0.1, 0.15) is 0 Å². The van der Waals surface area contributed by atoms with E-state index in [1.54, 1.807) is 13.8 Å². The van der Waals surface area contributed by atoms with Crippen molar-refractivity contribution in [1.29, 1.82) is 0 Å². The van der Waals surface area contributed by atoms with Crippen LogP contribution in [0.25, 0.3) is 0 Å². The van der Waals surface area contributed by atoms with Crippen LogP contribution in [0.5, 0.6) is 0 Å². The third-order valence-corrected chi connectivity index (χ3v) is 11.5. The van der Waals surface area contributed by atoms with E-state index in [9.17, 15) is 60.7 Å².